The zero-order valence-corrected chi connectivity index (χ0v) is 13.1. The van der Waals surface area contributed by atoms with Gasteiger partial charge in [-0.3, -0.25) is 0 Å². The summed E-state index contributed by atoms with van der Waals surface area (Å²) in [5, 5.41) is 0.457. The molecule has 1 aromatic rings. The van der Waals surface area contributed by atoms with E-state index in [1.165, 1.54) is 0 Å². The standard InChI is InChI=1S/C14H22ClN3O2/c1-4-11-8-20-10(3)7-18(11)14-6-12(15)16-13(17-14)9-19-5-2/h6,10-11H,4-5,7-9H2,1-3H3. The first-order valence-corrected chi connectivity index (χ1v) is 7.51. The molecule has 2 heterocycles. The Morgan fingerprint density at radius 2 is 2.25 bits per heavy atom. The molecule has 2 atom stereocenters. The molecular formula is C14H22ClN3O2. The average molecular weight is 300 g/mol. The number of hydrogen-bond acceptors (Lipinski definition) is 5. The molecular weight excluding hydrogens is 278 g/mol. The van der Waals surface area contributed by atoms with Gasteiger partial charge in [-0.05, 0) is 20.3 Å². The Kier molecular flexibility index (Phi) is 5.57. The van der Waals surface area contributed by atoms with Gasteiger partial charge in [0.2, 0.25) is 0 Å². The molecule has 1 fully saturated rings. The first-order chi connectivity index (χ1) is 9.63. The third-order valence-electron chi connectivity index (χ3n) is 3.40. The van der Waals surface area contributed by atoms with Gasteiger partial charge in [0, 0.05) is 19.2 Å². The number of nitrogens with zero attached hydrogens (tertiary/aromatic N) is 3. The predicted octanol–water partition coefficient (Wildman–Crippen LogP) is 2.67. The number of halogens is 1. The second kappa shape index (κ2) is 7.20. The van der Waals surface area contributed by atoms with Crippen LogP contribution in [0.3, 0.4) is 0 Å². The van der Waals surface area contributed by atoms with E-state index in [-0.39, 0.29) is 6.10 Å². The van der Waals surface area contributed by atoms with Crippen LogP contribution in [-0.2, 0) is 16.1 Å². The van der Waals surface area contributed by atoms with Crippen LogP contribution < -0.4 is 4.90 Å². The highest BCUT2D eigenvalue weighted by atomic mass is 35.5. The third kappa shape index (κ3) is 3.81. The van der Waals surface area contributed by atoms with Gasteiger partial charge in [0.05, 0.1) is 18.8 Å². The minimum atomic E-state index is 0.196. The van der Waals surface area contributed by atoms with Crippen LogP contribution >= 0.6 is 11.6 Å². The van der Waals surface area contributed by atoms with Crippen molar-refractivity contribution in [3.05, 3.63) is 17.0 Å². The Hall–Kier alpha value is -0.910. The summed E-state index contributed by atoms with van der Waals surface area (Å²) >= 11 is 6.11. The molecule has 1 aliphatic rings. The van der Waals surface area contributed by atoms with Crippen LogP contribution in [0.4, 0.5) is 5.82 Å². The second-order valence-electron chi connectivity index (χ2n) is 4.96. The fourth-order valence-corrected chi connectivity index (χ4v) is 2.51. The molecule has 2 unspecified atom stereocenters. The Morgan fingerprint density at radius 3 is 2.95 bits per heavy atom. The highest BCUT2D eigenvalue weighted by Gasteiger charge is 2.27. The van der Waals surface area contributed by atoms with Gasteiger partial charge in [-0.25, -0.2) is 9.97 Å². The van der Waals surface area contributed by atoms with E-state index in [0.29, 0.717) is 30.2 Å². The lowest BCUT2D eigenvalue weighted by Gasteiger charge is -2.39. The molecule has 1 aliphatic heterocycles. The lowest BCUT2D eigenvalue weighted by atomic mass is 10.1. The number of morpholine rings is 1. The molecule has 112 valence electrons. The summed E-state index contributed by atoms with van der Waals surface area (Å²) in [4.78, 5) is 11.0. The summed E-state index contributed by atoms with van der Waals surface area (Å²) in [6.45, 7) is 8.74. The van der Waals surface area contributed by atoms with Crippen LogP contribution in [0, 0.1) is 0 Å². The van der Waals surface area contributed by atoms with E-state index in [9.17, 15) is 0 Å². The maximum atomic E-state index is 6.11. The molecule has 2 rings (SSSR count). The van der Waals surface area contributed by atoms with E-state index in [2.05, 4.69) is 28.7 Å². The molecule has 0 aromatic carbocycles. The van der Waals surface area contributed by atoms with Crippen molar-refractivity contribution in [1.29, 1.82) is 0 Å². The first-order valence-electron chi connectivity index (χ1n) is 7.13. The largest absolute Gasteiger partial charge is 0.375 e. The van der Waals surface area contributed by atoms with Gasteiger partial charge in [-0.15, -0.1) is 0 Å². The summed E-state index contributed by atoms with van der Waals surface area (Å²) in [6.07, 6.45) is 1.21. The van der Waals surface area contributed by atoms with E-state index in [4.69, 9.17) is 21.1 Å². The third-order valence-corrected chi connectivity index (χ3v) is 3.59. The van der Waals surface area contributed by atoms with E-state index in [1.807, 2.05) is 13.0 Å². The van der Waals surface area contributed by atoms with E-state index in [1.54, 1.807) is 0 Å². The topological polar surface area (TPSA) is 47.5 Å². The Morgan fingerprint density at radius 1 is 1.45 bits per heavy atom. The molecule has 20 heavy (non-hydrogen) atoms. The molecule has 5 nitrogen and oxygen atoms in total. The fraction of sp³-hybridized carbons (Fsp3) is 0.714. The highest BCUT2D eigenvalue weighted by molar-refractivity contribution is 6.29. The Balaban J connectivity index is 2.22. The van der Waals surface area contributed by atoms with Gasteiger partial charge in [-0.1, -0.05) is 18.5 Å². The van der Waals surface area contributed by atoms with Crippen molar-refractivity contribution in [1.82, 2.24) is 9.97 Å². The Labute approximate surface area is 125 Å². The molecule has 6 heteroatoms. The molecule has 1 aromatic heterocycles. The van der Waals surface area contributed by atoms with Crippen molar-refractivity contribution in [2.45, 2.75) is 45.9 Å². The van der Waals surface area contributed by atoms with Gasteiger partial charge in [0.15, 0.2) is 5.82 Å². The number of rotatable bonds is 5. The monoisotopic (exact) mass is 299 g/mol. The molecule has 0 bridgehead atoms. The summed E-state index contributed by atoms with van der Waals surface area (Å²) in [5.41, 5.74) is 0. The molecule has 0 spiro atoms. The SMILES string of the molecule is CCOCc1nc(Cl)cc(N2CC(C)OCC2CC)n1. The van der Waals surface area contributed by atoms with E-state index >= 15 is 0 Å². The van der Waals surface area contributed by atoms with Crippen LogP contribution in [-0.4, -0.2) is 41.9 Å². The van der Waals surface area contributed by atoms with Gasteiger partial charge < -0.3 is 14.4 Å². The van der Waals surface area contributed by atoms with Crippen molar-refractivity contribution < 1.29 is 9.47 Å². The van der Waals surface area contributed by atoms with Crippen molar-refractivity contribution in [2.75, 3.05) is 24.7 Å². The quantitative estimate of drug-likeness (QED) is 0.782. The van der Waals surface area contributed by atoms with Gasteiger partial charge >= 0.3 is 0 Å². The van der Waals surface area contributed by atoms with Crippen molar-refractivity contribution >= 4 is 17.4 Å². The van der Waals surface area contributed by atoms with Crippen LogP contribution in [0.2, 0.25) is 5.15 Å². The number of ether oxygens (including phenoxy) is 2. The van der Waals surface area contributed by atoms with Crippen molar-refractivity contribution in [3.63, 3.8) is 0 Å². The first kappa shape index (κ1) is 15.5. The summed E-state index contributed by atoms with van der Waals surface area (Å²) in [6, 6.07) is 2.15. The van der Waals surface area contributed by atoms with Crippen LogP contribution in [0.1, 0.15) is 33.0 Å². The maximum Gasteiger partial charge on any atom is 0.158 e. The van der Waals surface area contributed by atoms with Crippen LogP contribution in [0.25, 0.3) is 0 Å². The van der Waals surface area contributed by atoms with Gasteiger partial charge in [-0.2, -0.15) is 0 Å². The molecule has 0 amide bonds. The van der Waals surface area contributed by atoms with Gasteiger partial charge in [0.1, 0.15) is 17.6 Å². The lowest BCUT2D eigenvalue weighted by Crippen LogP contribution is -2.49. The summed E-state index contributed by atoms with van der Waals surface area (Å²) in [7, 11) is 0. The number of hydrogen-bond donors (Lipinski definition) is 0. The zero-order valence-electron chi connectivity index (χ0n) is 12.3. The smallest absolute Gasteiger partial charge is 0.158 e. The minimum absolute atomic E-state index is 0.196. The van der Waals surface area contributed by atoms with Crippen molar-refractivity contribution in [3.8, 4) is 0 Å². The molecule has 0 aliphatic carbocycles. The maximum absolute atomic E-state index is 6.11. The second-order valence-corrected chi connectivity index (χ2v) is 5.35. The highest BCUT2D eigenvalue weighted by Crippen LogP contribution is 2.24. The van der Waals surface area contributed by atoms with E-state index in [0.717, 1.165) is 25.4 Å². The summed E-state index contributed by atoms with van der Waals surface area (Å²) < 4.78 is 11.1. The molecule has 0 radical (unpaired) electrons. The van der Waals surface area contributed by atoms with Gasteiger partial charge in [0.25, 0.3) is 0 Å². The molecule has 0 saturated carbocycles. The Bertz CT molecular complexity index is 444. The number of aromatic nitrogens is 2. The lowest BCUT2D eigenvalue weighted by molar-refractivity contribution is 0.0295. The normalized spacial score (nSPS) is 23.1. The minimum Gasteiger partial charge on any atom is -0.375 e. The predicted molar refractivity (Wildman–Crippen MR) is 79.2 cm³/mol. The summed E-state index contributed by atoms with van der Waals surface area (Å²) in [5.74, 6) is 1.49. The average Bonchev–Trinajstić information content (AvgIpc) is 2.44. The fourth-order valence-electron chi connectivity index (χ4n) is 2.32. The molecule has 0 N–H and O–H groups in total. The van der Waals surface area contributed by atoms with Crippen molar-refractivity contribution in [2.24, 2.45) is 0 Å². The zero-order chi connectivity index (χ0) is 14.5. The van der Waals surface area contributed by atoms with Crippen LogP contribution in [0.5, 0.6) is 0 Å². The van der Waals surface area contributed by atoms with Crippen LogP contribution in [0.15, 0.2) is 6.07 Å². The van der Waals surface area contributed by atoms with E-state index < -0.39 is 0 Å². The number of anilines is 1. The molecule has 1 saturated heterocycles.